The Morgan fingerprint density at radius 1 is 1.04 bits per heavy atom. The van der Waals surface area contributed by atoms with Crippen LogP contribution in [0.15, 0.2) is 21.2 Å². The summed E-state index contributed by atoms with van der Waals surface area (Å²) in [6.07, 6.45) is 0. The maximum Gasteiger partial charge on any atom is 0.377 e. The Bertz CT molecular complexity index is 596. The largest absolute Gasteiger partial charge is 0.463 e. The lowest BCUT2D eigenvalue weighted by Gasteiger charge is -1.96. The first kappa shape index (κ1) is 19.4. The number of aromatic nitrogens is 2. The van der Waals surface area contributed by atoms with Crippen molar-refractivity contribution in [3.8, 4) is 11.8 Å². The molecule has 2 rings (SSSR count). The number of ether oxygens (including phenoxy) is 5. The molecule has 0 amide bonds. The van der Waals surface area contributed by atoms with Crippen LogP contribution < -0.4 is 9.47 Å². The van der Waals surface area contributed by atoms with Crippen LogP contribution in [-0.4, -0.2) is 56.3 Å². The summed E-state index contributed by atoms with van der Waals surface area (Å²) in [5.41, 5.74) is 0. The van der Waals surface area contributed by atoms with Gasteiger partial charge in [-0.1, -0.05) is 0 Å². The highest BCUT2D eigenvalue weighted by Gasteiger charge is 2.13. The van der Waals surface area contributed by atoms with Gasteiger partial charge in [0.25, 0.3) is 11.8 Å². The summed E-state index contributed by atoms with van der Waals surface area (Å²) in [7, 11) is 4.23. The van der Waals surface area contributed by atoms with E-state index in [4.69, 9.17) is 14.6 Å². The minimum absolute atomic E-state index is 0.00592. The van der Waals surface area contributed by atoms with Crippen molar-refractivity contribution in [3.05, 3.63) is 23.7 Å². The Hall–Kier alpha value is -2.63. The van der Waals surface area contributed by atoms with Gasteiger partial charge < -0.3 is 37.8 Å². The molecule has 0 saturated carbocycles. The van der Waals surface area contributed by atoms with Crippen molar-refractivity contribution in [1.29, 1.82) is 0 Å². The summed E-state index contributed by atoms with van der Waals surface area (Å²) in [6.45, 7) is -0.00606. The van der Waals surface area contributed by atoms with E-state index in [0.29, 0.717) is 11.6 Å². The number of hydrogen-bond donors (Lipinski definition) is 1. The average molecular weight is 346 g/mol. The monoisotopic (exact) mass is 346 g/mol. The maximum atomic E-state index is 10.9. The Morgan fingerprint density at radius 3 is 2.12 bits per heavy atom. The van der Waals surface area contributed by atoms with Gasteiger partial charge in [0.1, 0.15) is 6.61 Å². The molecule has 24 heavy (non-hydrogen) atoms. The zero-order valence-corrected chi connectivity index (χ0v) is 13.4. The molecular formula is C13H18N2O9. The molecule has 0 spiro atoms. The number of aliphatic hydroxyl groups is 1. The molecule has 0 radical (unpaired) electrons. The van der Waals surface area contributed by atoms with Crippen LogP contribution in [0, 0.1) is 0 Å². The number of esters is 1. The van der Waals surface area contributed by atoms with Crippen molar-refractivity contribution >= 4 is 5.97 Å². The summed E-state index contributed by atoms with van der Waals surface area (Å²) in [4.78, 5) is 10.9. The second kappa shape index (κ2) is 11.0. The highest BCUT2D eigenvalue weighted by molar-refractivity contribution is 5.86. The molecule has 0 aliphatic carbocycles. The third-order valence-corrected chi connectivity index (χ3v) is 2.22. The van der Waals surface area contributed by atoms with Crippen LogP contribution in [0.3, 0.4) is 0 Å². The predicted octanol–water partition coefficient (Wildman–Crippen LogP) is 0.593. The molecule has 0 saturated heterocycles. The molecule has 0 atom stereocenters. The minimum atomic E-state index is -0.597. The molecule has 134 valence electrons. The SMILES string of the molecule is COCOc1cc(C(=O)OC)on1.COCOc1cc(CO)on1. The topological polar surface area (TPSA) is 136 Å². The van der Waals surface area contributed by atoms with Crippen LogP contribution in [0.2, 0.25) is 0 Å². The molecule has 0 aliphatic heterocycles. The second-order valence-electron chi connectivity index (χ2n) is 3.91. The molecule has 1 N–H and O–H groups in total. The van der Waals surface area contributed by atoms with Gasteiger partial charge in [-0.15, -0.1) is 0 Å². The first-order valence-electron chi connectivity index (χ1n) is 6.49. The number of aliphatic hydroxyl groups excluding tert-OH is 1. The first-order valence-corrected chi connectivity index (χ1v) is 6.49. The Kier molecular flexibility index (Phi) is 8.89. The predicted molar refractivity (Wildman–Crippen MR) is 75.3 cm³/mol. The Balaban J connectivity index is 0.000000243. The highest BCUT2D eigenvalue weighted by atomic mass is 16.7. The number of carbonyl (C=O) groups excluding carboxylic acids is 1. The normalized spacial score (nSPS) is 9.83. The third kappa shape index (κ3) is 6.64. The smallest absolute Gasteiger partial charge is 0.377 e. The summed E-state index contributed by atoms with van der Waals surface area (Å²) >= 11 is 0. The van der Waals surface area contributed by atoms with E-state index in [1.807, 2.05) is 0 Å². The molecule has 2 heterocycles. The number of rotatable bonds is 8. The summed E-state index contributed by atoms with van der Waals surface area (Å²) < 4.78 is 32.7. The van der Waals surface area contributed by atoms with Crippen molar-refractivity contribution in [1.82, 2.24) is 10.3 Å². The standard InChI is InChI=1S/C7H9NO5.C6H9NO4/c1-10-4-12-6-3-5(13-8-6)7(9)11-2;1-9-4-10-6-2-5(3-8)11-7-6/h3H,4H2,1-2H3;2,8H,3-4H2,1H3. The fourth-order valence-electron chi connectivity index (χ4n) is 1.20. The molecule has 2 aromatic heterocycles. The number of hydrogen-bond acceptors (Lipinski definition) is 11. The molecule has 11 nitrogen and oxygen atoms in total. The van der Waals surface area contributed by atoms with Gasteiger partial charge in [-0.3, -0.25) is 0 Å². The van der Waals surface area contributed by atoms with E-state index in [9.17, 15) is 4.79 Å². The quantitative estimate of drug-likeness (QED) is 0.531. The minimum Gasteiger partial charge on any atom is -0.463 e. The Labute approximate surface area is 137 Å². The van der Waals surface area contributed by atoms with E-state index in [1.165, 1.54) is 33.5 Å². The van der Waals surface area contributed by atoms with Gasteiger partial charge in [0, 0.05) is 20.3 Å². The fraction of sp³-hybridized carbons (Fsp3) is 0.462. The van der Waals surface area contributed by atoms with Gasteiger partial charge in [0.05, 0.1) is 13.2 Å². The van der Waals surface area contributed by atoms with Crippen LogP contribution in [0.4, 0.5) is 0 Å². The lowest BCUT2D eigenvalue weighted by Crippen LogP contribution is -1.99. The van der Waals surface area contributed by atoms with E-state index in [1.54, 1.807) is 0 Å². The van der Waals surface area contributed by atoms with Crippen LogP contribution in [0.25, 0.3) is 0 Å². The zero-order valence-electron chi connectivity index (χ0n) is 13.4. The molecule has 11 heteroatoms. The molecular weight excluding hydrogens is 328 g/mol. The van der Waals surface area contributed by atoms with Gasteiger partial charge in [-0.2, -0.15) is 0 Å². The van der Waals surface area contributed by atoms with Gasteiger partial charge >= 0.3 is 5.97 Å². The Morgan fingerprint density at radius 2 is 1.62 bits per heavy atom. The zero-order chi connectivity index (χ0) is 17.8. The first-order chi connectivity index (χ1) is 11.6. The molecule has 0 fully saturated rings. The average Bonchev–Trinajstić information content (AvgIpc) is 3.27. The van der Waals surface area contributed by atoms with Crippen molar-refractivity contribution in [2.75, 3.05) is 34.9 Å². The molecule has 0 bridgehead atoms. The van der Waals surface area contributed by atoms with Crippen LogP contribution in [0.1, 0.15) is 16.3 Å². The van der Waals surface area contributed by atoms with E-state index in [0.717, 1.165) is 0 Å². The van der Waals surface area contributed by atoms with Crippen molar-refractivity contribution in [2.45, 2.75) is 6.61 Å². The second-order valence-corrected chi connectivity index (χ2v) is 3.91. The van der Waals surface area contributed by atoms with E-state index < -0.39 is 5.97 Å². The van der Waals surface area contributed by atoms with Gasteiger partial charge in [-0.25, -0.2) is 4.79 Å². The van der Waals surface area contributed by atoms with E-state index in [2.05, 4.69) is 33.6 Å². The lowest BCUT2D eigenvalue weighted by molar-refractivity contribution is 0.0448. The van der Waals surface area contributed by atoms with Crippen molar-refractivity contribution < 1.29 is 42.6 Å². The molecule has 2 aromatic rings. The third-order valence-electron chi connectivity index (χ3n) is 2.22. The van der Waals surface area contributed by atoms with Crippen LogP contribution in [-0.2, 0) is 20.8 Å². The molecule has 0 aromatic carbocycles. The number of nitrogens with zero attached hydrogens (tertiary/aromatic N) is 2. The van der Waals surface area contributed by atoms with Gasteiger partial charge in [0.2, 0.25) is 5.76 Å². The molecule has 0 unspecified atom stereocenters. The highest BCUT2D eigenvalue weighted by Crippen LogP contribution is 2.12. The summed E-state index contributed by atoms with van der Waals surface area (Å²) in [5, 5.41) is 15.5. The van der Waals surface area contributed by atoms with Crippen LogP contribution in [0.5, 0.6) is 11.8 Å². The summed E-state index contributed by atoms with van der Waals surface area (Å²) in [6, 6.07) is 2.82. The fourth-order valence-corrected chi connectivity index (χ4v) is 1.20. The molecule has 0 aliphatic rings. The van der Waals surface area contributed by atoms with Gasteiger partial charge in [0.15, 0.2) is 19.3 Å². The lowest BCUT2D eigenvalue weighted by atomic mass is 10.5. The van der Waals surface area contributed by atoms with E-state index in [-0.39, 0.29) is 31.8 Å². The summed E-state index contributed by atoms with van der Waals surface area (Å²) in [5.74, 6) is 0.266. The van der Waals surface area contributed by atoms with Crippen LogP contribution >= 0.6 is 0 Å². The van der Waals surface area contributed by atoms with E-state index >= 15 is 0 Å². The number of carbonyl (C=O) groups is 1. The van der Waals surface area contributed by atoms with Gasteiger partial charge in [-0.05, 0) is 10.3 Å². The maximum absolute atomic E-state index is 10.9. The van der Waals surface area contributed by atoms with Crippen molar-refractivity contribution in [3.63, 3.8) is 0 Å². The number of methoxy groups -OCH3 is 3. The van der Waals surface area contributed by atoms with Crippen molar-refractivity contribution in [2.24, 2.45) is 0 Å².